The average Bonchev–Trinajstić information content (AvgIpc) is 3.34. The highest BCUT2D eigenvalue weighted by molar-refractivity contribution is 5.01. The van der Waals surface area contributed by atoms with Crippen molar-refractivity contribution >= 4 is 0 Å². The van der Waals surface area contributed by atoms with Crippen molar-refractivity contribution in [3.8, 4) is 0 Å². The third-order valence-corrected chi connectivity index (χ3v) is 13.0. The van der Waals surface area contributed by atoms with Gasteiger partial charge in [-0.25, -0.2) is 0 Å². The summed E-state index contributed by atoms with van der Waals surface area (Å²) in [6.45, 7) is -7.12. The molecule has 30 atom stereocenters. The van der Waals surface area contributed by atoms with Crippen LogP contribution in [0.2, 0.25) is 0 Å². The van der Waals surface area contributed by atoms with Crippen LogP contribution >= 0.6 is 0 Å². The summed E-state index contributed by atoms with van der Waals surface area (Å²) in [5, 5.41) is 196. The second kappa shape index (κ2) is 24.0. The summed E-state index contributed by atoms with van der Waals surface area (Å²) in [5.74, 6) is 0. The first-order chi connectivity index (χ1) is 33.0. The Balaban J connectivity index is 1.21. The van der Waals surface area contributed by atoms with E-state index in [0.29, 0.717) is 0 Å². The van der Waals surface area contributed by atoms with Crippen LogP contribution in [0.4, 0.5) is 0 Å². The standard InChI is InChI=1S/C38H64O31/c39-1-2-57-32-25(56)38-63-14(8-45)31(32)69-37-24(55)19(50)29(12(6-43)62-37)67-35-22(53)17(48)27(10(4-41)60-35)65-33-20(51)15(46)26(9(3-40)58-33)64-34-21(52)16(47)28(11(5-42)59-34)66-36-23(54)18(49)30(68-38)13(7-44)61-36/h9-56H,1-8H2/t9-,10-,11-,12-,13-,14-,15-,16-,17-,18-,19-,20-,21-,22-,23-,24-,25-,26-,27-,28-,29-,30-,31+,32-,33-,34-,35-,36-,37-,38-/m1/s1. The van der Waals surface area contributed by atoms with Crippen molar-refractivity contribution in [1.29, 1.82) is 0 Å². The van der Waals surface area contributed by atoms with Gasteiger partial charge < -0.3 is 153 Å². The molecule has 0 unspecified atom stereocenters. The van der Waals surface area contributed by atoms with Gasteiger partial charge in [0.05, 0.1) is 52.9 Å². The van der Waals surface area contributed by atoms with Gasteiger partial charge in [0, 0.05) is 0 Å². The van der Waals surface area contributed by atoms with Gasteiger partial charge in [-0.2, -0.15) is 0 Å². The van der Waals surface area contributed by atoms with Crippen molar-refractivity contribution in [2.45, 2.75) is 184 Å². The molecule has 22 rings (SSSR count). The van der Waals surface area contributed by atoms with Gasteiger partial charge >= 0.3 is 0 Å². The molecule has 402 valence electrons. The van der Waals surface area contributed by atoms with Crippen LogP contribution in [0, 0.1) is 0 Å². The Labute approximate surface area is 390 Å². The molecule has 12 bridgehead atoms. The maximum absolute atomic E-state index is 11.6. The quantitative estimate of drug-likeness (QED) is 0.102. The van der Waals surface area contributed by atoms with Crippen molar-refractivity contribution in [3.05, 3.63) is 0 Å². The minimum absolute atomic E-state index is 0.506. The number of ether oxygens (including phenoxy) is 13. The molecule has 0 aromatic carbocycles. The lowest BCUT2D eigenvalue weighted by molar-refractivity contribution is -0.405. The SMILES string of the molecule is OCCO[C@@H]1[C@@H](O)[C@H]2O[C@H]3[C@H](O)[C@@H](O)[C@@H](O[C@H]4[C@H](O)[C@@H](O)[C@@H](O[C@H]5[C@H](O)[C@@H](O)[C@@H](O[C@H]6[C@H](O)[C@@H](O)[C@@H](O[C@H]7[C@H](O)[C@@H](O)[C@@H](O[C@H]1[C@@H](CO)O2)O[C@@H]7CO)O[C@@H]6CO)O[C@@H]5CO)O[C@@H]4CO)O[C@@H]3CO. The predicted molar refractivity (Wildman–Crippen MR) is 207 cm³/mol. The third-order valence-electron chi connectivity index (χ3n) is 13.0. The Morgan fingerprint density at radius 2 is 0.449 bits per heavy atom. The van der Waals surface area contributed by atoms with E-state index in [1.807, 2.05) is 0 Å². The molecule has 22 aliphatic rings. The van der Waals surface area contributed by atoms with Gasteiger partial charge in [0.15, 0.2) is 37.7 Å². The second-order valence-corrected chi connectivity index (χ2v) is 17.4. The van der Waals surface area contributed by atoms with Crippen molar-refractivity contribution in [2.24, 2.45) is 0 Å². The van der Waals surface area contributed by atoms with E-state index in [-0.39, 0.29) is 0 Å². The van der Waals surface area contributed by atoms with E-state index in [9.17, 15) is 91.9 Å². The molecule has 18 N–H and O–H groups in total. The highest BCUT2D eigenvalue weighted by atomic mass is 16.8. The molecular formula is C38H64O31. The fourth-order valence-corrected chi connectivity index (χ4v) is 9.29. The fourth-order valence-electron chi connectivity index (χ4n) is 9.29. The Morgan fingerprint density at radius 1 is 0.246 bits per heavy atom. The molecule has 0 aliphatic carbocycles. The zero-order chi connectivity index (χ0) is 50.2. The molecule has 0 aromatic heterocycles. The van der Waals surface area contributed by atoms with Crippen LogP contribution in [-0.2, 0) is 61.6 Å². The van der Waals surface area contributed by atoms with Gasteiger partial charge in [0.1, 0.15) is 146 Å². The van der Waals surface area contributed by atoms with Gasteiger partial charge in [0.2, 0.25) is 0 Å². The normalized spacial score (nSPS) is 53.5. The van der Waals surface area contributed by atoms with E-state index in [0.717, 1.165) is 0 Å². The predicted octanol–water partition coefficient (Wildman–Crippen LogP) is -13.0. The van der Waals surface area contributed by atoms with Crippen molar-refractivity contribution < 1.29 is 153 Å². The molecular weight excluding hydrogens is 952 g/mol. The maximum atomic E-state index is 11.6. The van der Waals surface area contributed by atoms with Crippen LogP contribution in [0.3, 0.4) is 0 Å². The zero-order valence-corrected chi connectivity index (χ0v) is 36.3. The molecule has 31 heteroatoms. The van der Waals surface area contributed by atoms with E-state index in [4.69, 9.17) is 61.6 Å². The lowest BCUT2D eigenvalue weighted by Crippen LogP contribution is -2.69. The highest BCUT2D eigenvalue weighted by Crippen LogP contribution is 2.38. The zero-order valence-electron chi connectivity index (χ0n) is 36.3. The highest BCUT2D eigenvalue weighted by Gasteiger charge is 2.59. The van der Waals surface area contributed by atoms with E-state index in [2.05, 4.69) is 0 Å². The van der Waals surface area contributed by atoms with E-state index in [1.54, 1.807) is 0 Å². The van der Waals surface area contributed by atoms with E-state index < -0.39 is 237 Å². The first-order valence-electron chi connectivity index (χ1n) is 22.2. The van der Waals surface area contributed by atoms with Crippen LogP contribution in [0.25, 0.3) is 0 Å². The van der Waals surface area contributed by atoms with Gasteiger partial charge in [-0.1, -0.05) is 0 Å². The molecule has 0 spiro atoms. The van der Waals surface area contributed by atoms with Crippen LogP contribution in [0.15, 0.2) is 0 Å². The summed E-state index contributed by atoms with van der Waals surface area (Å²) in [4.78, 5) is 0. The minimum Gasteiger partial charge on any atom is -0.394 e. The Kier molecular flexibility index (Phi) is 19.3. The van der Waals surface area contributed by atoms with E-state index >= 15 is 0 Å². The Morgan fingerprint density at radius 3 is 0.667 bits per heavy atom. The van der Waals surface area contributed by atoms with Crippen molar-refractivity contribution in [2.75, 3.05) is 52.9 Å². The van der Waals surface area contributed by atoms with Gasteiger partial charge in [0.25, 0.3) is 0 Å². The summed E-state index contributed by atoms with van der Waals surface area (Å²) in [6, 6.07) is 0. The average molecular weight is 1020 g/mol. The summed E-state index contributed by atoms with van der Waals surface area (Å²) in [6.07, 6.45) is -57.8. The molecule has 22 heterocycles. The minimum atomic E-state index is -2.15. The van der Waals surface area contributed by atoms with Crippen LogP contribution < -0.4 is 0 Å². The monoisotopic (exact) mass is 1020 g/mol. The molecule has 0 aromatic rings. The number of hydrogen-bond donors (Lipinski definition) is 18. The molecule has 0 saturated carbocycles. The first-order valence-corrected chi connectivity index (χ1v) is 22.2. The lowest BCUT2D eigenvalue weighted by atomic mass is 9.94. The van der Waals surface area contributed by atoms with Gasteiger partial charge in [-0.3, -0.25) is 0 Å². The lowest BCUT2D eigenvalue weighted by Gasteiger charge is -2.51. The number of aliphatic hydroxyl groups is 18. The van der Waals surface area contributed by atoms with Crippen LogP contribution in [0.5, 0.6) is 0 Å². The molecule has 31 nitrogen and oxygen atoms in total. The number of rotatable bonds is 9. The van der Waals surface area contributed by atoms with Crippen LogP contribution in [0.1, 0.15) is 0 Å². The maximum Gasteiger partial charge on any atom is 0.187 e. The summed E-state index contributed by atoms with van der Waals surface area (Å²) >= 11 is 0. The third kappa shape index (κ3) is 11.1. The van der Waals surface area contributed by atoms with Crippen LogP contribution in [-0.4, -0.2) is 329 Å². The molecule has 22 fully saturated rings. The summed E-state index contributed by atoms with van der Waals surface area (Å²) < 4.78 is 74.4. The Hall–Kier alpha value is -1.24. The smallest absolute Gasteiger partial charge is 0.187 e. The molecule has 0 amide bonds. The number of aliphatic hydroxyl groups excluding tert-OH is 18. The van der Waals surface area contributed by atoms with Gasteiger partial charge in [-0.15, -0.1) is 0 Å². The molecule has 22 saturated heterocycles. The topological polar surface area (TPSA) is 484 Å². The number of hydrogen-bond acceptors (Lipinski definition) is 31. The largest absolute Gasteiger partial charge is 0.394 e. The summed E-state index contributed by atoms with van der Waals surface area (Å²) in [5.41, 5.74) is 0. The van der Waals surface area contributed by atoms with Crippen molar-refractivity contribution in [1.82, 2.24) is 0 Å². The fraction of sp³-hybridized carbons (Fsp3) is 1.00. The molecule has 69 heavy (non-hydrogen) atoms. The molecule has 22 aliphatic heterocycles. The molecule has 0 radical (unpaired) electrons. The Bertz CT molecular complexity index is 1560. The first kappa shape index (κ1) is 55.5. The van der Waals surface area contributed by atoms with Gasteiger partial charge in [-0.05, 0) is 0 Å². The van der Waals surface area contributed by atoms with E-state index in [1.165, 1.54) is 0 Å². The summed E-state index contributed by atoms with van der Waals surface area (Å²) in [7, 11) is 0. The second-order valence-electron chi connectivity index (χ2n) is 17.4. The van der Waals surface area contributed by atoms with Crippen molar-refractivity contribution in [3.63, 3.8) is 0 Å².